The quantitative estimate of drug-likeness (QED) is 0.367. The summed E-state index contributed by atoms with van der Waals surface area (Å²) in [5.41, 5.74) is -0.00815. The highest BCUT2D eigenvalue weighted by Gasteiger charge is 2.33. The number of halogens is 1. The topological polar surface area (TPSA) is 65.5 Å². The number of anilines is 1. The van der Waals surface area contributed by atoms with E-state index in [2.05, 4.69) is 21.8 Å². The van der Waals surface area contributed by atoms with Gasteiger partial charge in [0.25, 0.3) is 11.8 Å². The lowest BCUT2D eigenvalue weighted by atomic mass is 10.1. The molecule has 2 aliphatic rings. The highest BCUT2D eigenvalue weighted by Crippen LogP contribution is 2.33. The van der Waals surface area contributed by atoms with Gasteiger partial charge in [0.1, 0.15) is 10.7 Å². The van der Waals surface area contributed by atoms with Gasteiger partial charge in [0.2, 0.25) is 0 Å². The molecule has 0 aliphatic carbocycles. The lowest BCUT2D eigenvalue weighted by molar-refractivity contribution is -0.128. The maximum absolute atomic E-state index is 12.6. The number of nitrogens with one attached hydrogen (secondary N) is 1. The van der Waals surface area contributed by atoms with Crippen molar-refractivity contribution in [2.45, 2.75) is 19.3 Å². The summed E-state index contributed by atoms with van der Waals surface area (Å²) in [7, 11) is 0. The molecule has 3 heterocycles. The zero-order chi connectivity index (χ0) is 18.0. The Morgan fingerprint density at radius 1 is 1.32 bits per heavy atom. The molecule has 1 aromatic heterocycles. The van der Waals surface area contributed by atoms with Crippen molar-refractivity contribution in [3.05, 3.63) is 28.3 Å². The number of nitrogens with zero attached hydrogens (tertiary/aromatic N) is 3. The fourth-order valence-electron chi connectivity index (χ4n) is 2.73. The predicted molar refractivity (Wildman–Crippen MR) is 104 cm³/mol. The summed E-state index contributed by atoms with van der Waals surface area (Å²) >= 11 is 12.7. The Kier molecular flexibility index (Phi) is 5.51. The molecule has 6 nitrogen and oxygen atoms in total. The van der Waals surface area contributed by atoms with Crippen LogP contribution < -0.4 is 10.2 Å². The number of amides is 2. The monoisotopic (exact) mass is 396 g/mol. The minimum atomic E-state index is -0.528. The van der Waals surface area contributed by atoms with Gasteiger partial charge in [-0.15, -0.1) is 6.58 Å². The van der Waals surface area contributed by atoms with Gasteiger partial charge in [-0.3, -0.25) is 19.8 Å². The Hall–Kier alpha value is -1.77. The van der Waals surface area contributed by atoms with Crippen LogP contribution in [-0.4, -0.2) is 46.4 Å². The molecule has 25 heavy (non-hydrogen) atoms. The van der Waals surface area contributed by atoms with Crippen LogP contribution >= 0.6 is 35.2 Å². The zero-order valence-electron chi connectivity index (χ0n) is 13.5. The number of rotatable bonds is 4. The Balaban J connectivity index is 1.89. The maximum Gasteiger partial charge on any atom is 0.265 e. The molecule has 2 aliphatic heterocycles. The van der Waals surface area contributed by atoms with Crippen LogP contribution in [0, 0.1) is 0 Å². The zero-order valence-corrected chi connectivity index (χ0v) is 15.8. The van der Waals surface area contributed by atoms with Crippen LogP contribution in [0.25, 0.3) is 6.08 Å². The predicted octanol–water partition coefficient (Wildman–Crippen LogP) is 2.60. The van der Waals surface area contributed by atoms with Crippen molar-refractivity contribution in [3.8, 4) is 0 Å². The number of thiazole rings is 1. The number of carbonyl (C=O) groups excluding carboxylic acids is 2. The van der Waals surface area contributed by atoms with Crippen LogP contribution in [0.3, 0.4) is 0 Å². The number of hydrogen-bond donors (Lipinski definition) is 1. The molecule has 0 bridgehead atoms. The first-order chi connectivity index (χ1) is 12.0. The van der Waals surface area contributed by atoms with E-state index in [4.69, 9.17) is 23.8 Å². The van der Waals surface area contributed by atoms with Crippen molar-refractivity contribution >= 4 is 63.3 Å². The third-order valence-electron chi connectivity index (χ3n) is 4.00. The highest BCUT2D eigenvalue weighted by molar-refractivity contribution is 7.80. The van der Waals surface area contributed by atoms with Gasteiger partial charge in [0.05, 0.1) is 4.88 Å². The first kappa shape index (κ1) is 18.0. The van der Waals surface area contributed by atoms with Gasteiger partial charge in [-0.2, -0.15) is 0 Å². The molecule has 9 heteroatoms. The molecule has 1 aromatic rings. The van der Waals surface area contributed by atoms with Gasteiger partial charge in [0.15, 0.2) is 10.2 Å². The molecular weight excluding hydrogens is 380 g/mol. The lowest BCUT2D eigenvalue weighted by Gasteiger charge is -2.27. The third kappa shape index (κ3) is 3.75. The molecule has 0 atom stereocenters. The number of thiocarbonyl (C=S) groups is 1. The van der Waals surface area contributed by atoms with Crippen molar-refractivity contribution < 1.29 is 9.59 Å². The number of hydrogen-bond acceptors (Lipinski definition) is 6. The second-order valence-electron chi connectivity index (χ2n) is 5.72. The Morgan fingerprint density at radius 2 is 2.04 bits per heavy atom. The maximum atomic E-state index is 12.6. The minimum Gasteiger partial charge on any atom is -0.348 e. The Labute approximate surface area is 160 Å². The molecule has 0 aromatic carbocycles. The average Bonchev–Trinajstić information content (AvgIpc) is 2.97. The van der Waals surface area contributed by atoms with E-state index in [-0.39, 0.29) is 17.2 Å². The van der Waals surface area contributed by atoms with Gasteiger partial charge in [-0.05, 0) is 37.6 Å². The molecular formula is C16H17ClN4O2S2. The van der Waals surface area contributed by atoms with Gasteiger partial charge < -0.3 is 4.90 Å². The summed E-state index contributed by atoms with van der Waals surface area (Å²) in [6, 6.07) is 0. The second kappa shape index (κ2) is 7.63. The average molecular weight is 397 g/mol. The van der Waals surface area contributed by atoms with E-state index in [1.54, 1.807) is 6.08 Å². The summed E-state index contributed by atoms with van der Waals surface area (Å²) in [6.07, 6.45) is 6.52. The summed E-state index contributed by atoms with van der Waals surface area (Å²) < 4.78 is 0. The van der Waals surface area contributed by atoms with E-state index in [1.807, 2.05) is 0 Å². The Bertz CT molecular complexity index is 768. The summed E-state index contributed by atoms with van der Waals surface area (Å²) in [6.45, 7) is 5.72. The smallest absolute Gasteiger partial charge is 0.265 e. The lowest BCUT2D eigenvalue weighted by Crippen LogP contribution is -2.53. The fourth-order valence-corrected chi connectivity index (χ4v) is 4.23. The van der Waals surface area contributed by atoms with E-state index >= 15 is 0 Å². The van der Waals surface area contributed by atoms with Crippen molar-refractivity contribution in [1.82, 2.24) is 15.2 Å². The van der Waals surface area contributed by atoms with E-state index in [0.29, 0.717) is 10.0 Å². The Morgan fingerprint density at radius 3 is 2.72 bits per heavy atom. The fraction of sp³-hybridized carbons (Fsp3) is 0.375. The molecule has 0 saturated carbocycles. The van der Waals surface area contributed by atoms with Crippen molar-refractivity contribution in [3.63, 3.8) is 0 Å². The SMILES string of the molecule is C=CCN1C(=O)C(=Cc2sc(N3CCCCC3)nc2Cl)C(=O)NC1=S. The molecule has 2 fully saturated rings. The first-order valence-electron chi connectivity index (χ1n) is 7.92. The van der Waals surface area contributed by atoms with E-state index in [0.717, 1.165) is 31.1 Å². The van der Waals surface area contributed by atoms with Crippen molar-refractivity contribution in [1.29, 1.82) is 0 Å². The van der Waals surface area contributed by atoms with E-state index in [9.17, 15) is 9.59 Å². The highest BCUT2D eigenvalue weighted by atomic mass is 35.5. The molecule has 0 unspecified atom stereocenters. The van der Waals surface area contributed by atoms with Crippen LogP contribution in [0.4, 0.5) is 5.13 Å². The second-order valence-corrected chi connectivity index (χ2v) is 7.47. The first-order valence-corrected chi connectivity index (χ1v) is 9.52. The van der Waals surface area contributed by atoms with Gasteiger partial charge in [-0.1, -0.05) is 29.0 Å². The van der Waals surface area contributed by atoms with Gasteiger partial charge in [-0.25, -0.2) is 4.98 Å². The summed E-state index contributed by atoms with van der Waals surface area (Å²) in [5.74, 6) is -0.989. The molecule has 3 rings (SSSR count). The standard InChI is InChI=1S/C16H17ClN4O2S2/c1-2-6-21-14(23)10(13(22)19-15(21)24)9-11-12(17)18-16(25-11)20-7-4-3-5-8-20/h2,9H,1,3-8H2,(H,19,22,24). The molecule has 2 amide bonds. The van der Waals surface area contributed by atoms with Crippen molar-refractivity contribution in [2.75, 3.05) is 24.5 Å². The molecule has 132 valence electrons. The number of carbonyl (C=O) groups is 2. The molecule has 0 spiro atoms. The largest absolute Gasteiger partial charge is 0.348 e. The van der Waals surface area contributed by atoms with Gasteiger partial charge in [0, 0.05) is 19.6 Å². The van der Waals surface area contributed by atoms with E-state index in [1.165, 1.54) is 28.7 Å². The van der Waals surface area contributed by atoms with Crippen LogP contribution in [0.15, 0.2) is 18.2 Å². The minimum absolute atomic E-state index is 0.00815. The molecule has 0 radical (unpaired) electrons. The number of aromatic nitrogens is 1. The van der Waals surface area contributed by atoms with Crippen LogP contribution in [0.1, 0.15) is 24.1 Å². The van der Waals surface area contributed by atoms with Crippen LogP contribution in [0.5, 0.6) is 0 Å². The van der Waals surface area contributed by atoms with Crippen molar-refractivity contribution in [2.24, 2.45) is 0 Å². The number of piperidine rings is 1. The summed E-state index contributed by atoms with van der Waals surface area (Å²) in [4.78, 5) is 33.2. The van der Waals surface area contributed by atoms with E-state index < -0.39 is 11.8 Å². The molecule has 2 saturated heterocycles. The molecule has 1 N–H and O–H groups in total. The van der Waals surface area contributed by atoms with Crippen LogP contribution in [0.2, 0.25) is 5.15 Å². The third-order valence-corrected chi connectivity index (χ3v) is 5.78. The normalized spacial score (nSPS) is 20.2. The van der Waals surface area contributed by atoms with Crippen LogP contribution in [-0.2, 0) is 9.59 Å². The summed E-state index contributed by atoms with van der Waals surface area (Å²) in [5, 5.41) is 3.71. The van der Waals surface area contributed by atoms with Gasteiger partial charge >= 0.3 is 0 Å².